The number of rotatable bonds is 3. The first-order valence-electron chi connectivity index (χ1n) is 6.12. The smallest absolute Gasteiger partial charge is 0.196 e. The number of benzene rings is 1. The maximum atomic E-state index is 5.72. The van der Waals surface area contributed by atoms with Crippen LogP contribution in [-0.2, 0) is 0 Å². The number of nitrogen functional groups attached to an aromatic ring is 1. The largest absolute Gasteiger partial charge is 0.491 e. The molecular weight excluding hydrogens is 258 g/mol. The van der Waals surface area contributed by atoms with Crippen LogP contribution in [0.5, 0.6) is 5.75 Å². The lowest BCUT2D eigenvalue weighted by Crippen LogP contribution is -2.05. The number of nitrogens with two attached hydrogens (primary N) is 1. The van der Waals surface area contributed by atoms with Gasteiger partial charge < -0.3 is 10.5 Å². The lowest BCUT2D eigenvalue weighted by Gasteiger charge is -2.09. The molecule has 0 fully saturated rings. The minimum absolute atomic E-state index is 0.187. The fourth-order valence-electron chi connectivity index (χ4n) is 1.99. The summed E-state index contributed by atoms with van der Waals surface area (Å²) in [6.07, 6.45) is 2.03. The molecule has 4 nitrogen and oxygen atoms in total. The summed E-state index contributed by atoms with van der Waals surface area (Å²) >= 11 is 1.59. The third-order valence-electron chi connectivity index (χ3n) is 2.75. The molecule has 3 rings (SSSR count). The van der Waals surface area contributed by atoms with Crippen molar-refractivity contribution in [3.63, 3.8) is 0 Å². The van der Waals surface area contributed by atoms with Crippen LogP contribution < -0.4 is 10.5 Å². The number of ether oxygens (including phenoxy) is 1. The van der Waals surface area contributed by atoms with Gasteiger partial charge in [-0.1, -0.05) is 0 Å². The van der Waals surface area contributed by atoms with Gasteiger partial charge in [-0.2, -0.15) is 0 Å². The van der Waals surface area contributed by atoms with Crippen LogP contribution in [0.4, 0.5) is 5.82 Å². The number of anilines is 1. The molecule has 5 heteroatoms. The number of nitrogens with zero attached hydrogens (tertiary/aromatic N) is 2. The van der Waals surface area contributed by atoms with Crippen molar-refractivity contribution in [2.24, 2.45) is 0 Å². The Labute approximate surface area is 115 Å². The summed E-state index contributed by atoms with van der Waals surface area (Å²) in [5.41, 5.74) is 7.94. The zero-order chi connectivity index (χ0) is 13.4. The van der Waals surface area contributed by atoms with Crippen LogP contribution in [0.3, 0.4) is 0 Å². The molecule has 2 N–H and O–H groups in total. The van der Waals surface area contributed by atoms with Crippen molar-refractivity contribution in [2.75, 3.05) is 5.73 Å². The number of hydrogen-bond donors (Lipinski definition) is 1. The highest BCUT2D eigenvalue weighted by Crippen LogP contribution is 2.28. The van der Waals surface area contributed by atoms with Gasteiger partial charge in [0, 0.05) is 5.38 Å². The molecule has 2 heterocycles. The van der Waals surface area contributed by atoms with Crippen molar-refractivity contribution in [3.8, 4) is 17.0 Å². The topological polar surface area (TPSA) is 52.5 Å². The Bertz CT molecular complexity index is 697. The Hall–Kier alpha value is -2.01. The second-order valence-corrected chi connectivity index (χ2v) is 5.47. The lowest BCUT2D eigenvalue weighted by atomic mass is 10.1. The maximum absolute atomic E-state index is 5.72. The second-order valence-electron chi connectivity index (χ2n) is 4.63. The van der Waals surface area contributed by atoms with E-state index in [1.54, 1.807) is 11.3 Å². The predicted octanol–water partition coefficient (Wildman–Crippen LogP) is 3.43. The SMILES string of the molecule is CC(C)Oc1ccc(-c2csc3nc(N)cn23)cc1. The van der Waals surface area contributed by atoms with Gasteiger partial charge in [0.15, 0.2) is 4.96 Å². The summed E-state index contributed by atoms with van der Waals surface area (Å²) in [6.45, 7) is 4.04. The Morgan fingerprint density at radius 2 is 2.00 bits per heavy atom. The minimum atomic E-state index is 0.187. The van der Waals surface area contributed by atoms with Crippen LogP contribution in [0, 0.1) is 0 Å². The van der Waals surface area contributed by atoms with Crippen LogP contribution in [-0.4, -0.2) is 15.5 Å². The lowest BCUT2D eigenvalue weighted by molar-refractivity contribution is 0.242. The zero-order valence-electron chi connectivity index (χ0n) is 10.8. The summed E-state index contributed by atoms with van der Waals surface area (Å²) < 4.78 is 7.65. The Morgan fingerprint density at radius 3 is 2.68 bits per heavy atom. The van der Waals surface area contributed by atoms with Gasteiger partial charge in [0.05, 0.1) is 18.0 Å². The fourth-order valence-corrected chi connectivity index (χ4v) is 2.87. The molecule has 0 bridgehead atoms. The quantitative estimate of drug-likeness (QED) is 0.795. The molecule has 3 aromatic rings. The van der Waals surface area contributed by atoms with Crippen molar-refractivity contribution in [3.05, 3.63) is 35.8 Å². The van der Waals surface area contributed by atoms with E-state index >= 15 is 0 Å². The highest BCUT2D eigenvalue weighted by atomic mass is 32.1. The Morgan fingerprint density at radius 1 is 1.26 bits per heavy atom. The van der Waals surface area contributed by atoms with Crippen LogP contribution in [0.15, 0.2) is 35.8 Å². The average Bonchev–Trinajstić information content (AvgIpc) is 2.88. The molecule has 98 valence electrons. The molecule has 0 aliphatic carbocycles. The summed E-state index contributed by atoms with van der Waals surface area (Å²) in [6, 6.07) is 8.07. The van der Waals surface area contributed by atoms with E-state index in [0.717, 1.165) is 22.0 Å². The van der Waals surface area contributed by atoms with Crippen LogP contribution >= 0.6 is 11.3 Å². The molecule has 0 aliphatic heterocycles. The molecule has 0 aliphatic rings. The maximum Gasteiger partial charge on any atom is 0.196 e. The molecule has 19 heavy (non-hydrogen) atoms. The van der Waals surface area contributed by atoms with Crippen LogP contribution in [0.2, 0.25) is 0 Å². The van der Waals surface area contributed by atoms with Crippen molar-refractivity contribution in [2.45, 2.75) is 20.0 Å². The van der Waals surface area contributed by atoms with E-state index < -0.39 is 0 Å². The monoisotopic (exact) mass is 273 g/mol. The van der Waals surface area contributed by atoms with Crippen LogP contribution in [0.25, 0.3) is 16.2 Å². The van der Waals surface area contributed by atoms with E-state index in [1.165, 1.54) is 0 Å². The molecular formula is C14H15N3OS. The van der Waals surface area contributed by atoms with Crippen molar-refractivity contribution in [1.82, 2.24) is 9.38 Å². The number of thiazole rings is 1. The summed E-state index contributed by atoms with van der Waals surface area (Å²) in [7, 11) is 0. The standard InChI is InChI=1S/C14H15N3OS/c1-9(2)18-11-5-3-10(4-6-11)12-8-19-14-16-13(15)7-17(12)14/h3-9H,15H2,1-2H3. The molecule has 1 aromatic carbocycles. The highest BCUT2D eigenvalue weighted by molar-refractivity contribution is 7.15. The van der Waals surface area contributed by atoms with Gasteiger partial charge in [-0.15, -0.1) is 11.3 Å². The fraction of sp³-hybridized carbons (Fsp3) is 0.214. The summed E-state index contributed by atoms with van der Waals surface area (Å²) in [5, 5.41) is 2.08. The first-order chi connectivity index (χ1) is 9.13. The van der Waals surface area contributed by atoms with E-state index in [9.17, 15) is 0 Å². The van der Waals surface area contributed by atoms with Crippen molar-refractivity contribution >= 4 is 22.1 Å². The van der Waals surface area contributed by atoms with Crippen molar-refractivity contribution in [1.29, 1.82) is 0 Å². The number of fused-ring (bicyclic) bond motifs is 1. The van der Waals surface area contributed by atoms with E-state index in [-0.39, 0.29) is 6.10 Å². The Balaban J connectivity index is 1.97. The van der Waals surface area contributed by atoms with E-state index in [1.807, 2.05) is 36.6 Å². The molecule has 0 spiro atoms. The van der Waals surface area contributed by atoms with Crippen molar-refractivity contribution < 1.29 is 4.74 Å². The van der Waals surface area contributed by atoms with Gasteiger partial charge in [0.2, 0.25) is 0 Å². The first kappa shape index (κ1) is 12.0. The van der Waals surface area contributed by atoms with Gasteiger partial charge in [0.1, 0.15) is 11.6 Å². The molecule has 0 amide bonds. The summed E-state index contributed by atoms with van der Waals surface area (Å²) in [5.74, 6) is 1.43. The Kier molecular flexibility index (Phi) is 2.91. The third-order valence-corrected chi connectivity index (χ3v) is 3.59. The van der Waals surface area contributed by atoms with E-state index in [0.29, 0.717) is 5.82 Å². The molecule has 0 atom stereocenters. The first-order valence-corrected chi connectivity index (χ1v) is 7.00. The van der Waals surface area contributed by atoms with Gasteiger partial charge >= 0.3 is 0 Å². The zero-order valence-corrected chi connectivity index (χ0v) is 11.6. The molecule has 2 aromatic heterocycles. The van der Waals surface area contributed by atoms with Crippen LogP contribution in [0.1, 0.15) is 13.8 Å². The number of imidazole rings is 1. The normalized spacial score (nSPS) is 11.3. The predicted molar refractivity (Wildman–Crippen MR) is 78.7 cm³/mol. The van der Waals surface area contributed by atoms with E-state index in [4.69, 9.17) is 10.5 Å². The average molecular weight is 273 g/mol. The van der Waals surface area contributed by atoms with Gasteiger partial charge in [0.25, 0.3) is 0 Å². The van der Waals surface area contributed by atoms with E-state index in [2.05, 4.69) is 22.5 Å². The molecule has 0 unspecified atom stereocenters. The second kappa shape index (κ2) is 4.59. The molecule has 0 saturated carbocycles. The highest BCUT2D eigenvalue weighted by Gasteiger charge is 2.08. The number of hydrogen-bond acceptors (Lipinski definition) is 4. The minimum Gasteiger partial charge on any atom is -0.491 e. The van der Waals surface area contributed by atoms with Gasteiger partial charge in [-0.25, -0.2) is 4.98 Å². The molecule has 0 saturated heterocycles. The third kappa shape index (κ3) is 2.29. The van der Waals surface area contributed by atoms with Gasteiger partial charge in [-0.05, 0) is 43.7 Å². The summed E-state index contributed by atoms with van der Waals surface area (Å²) in [4.78, 5) is 5.16. The number of aromatic nitrogens is 2. The molecule has 0 radical (unpaired) electrons. The van der Waals surface area contributed by atoms with Gasteiger partial charge in [-0.3, -0.25) is 4.40 Å².